The van der Waals surface area contributed by atoms with Crippen LogP contribution in [0.1, 0.15) is 88.8 Å². The standard InChI is InChI=1S/C46H55N7O10/c1-47-45(60)52-18-15-27-30(23-50(2)42(57)31(27)25-52)26-20-36(61-4)32(37(21-26)62-5)24-51(3)46-16-14-33(46)29(22-46)40(55)48-17-7-6-8-19-63-35-11-9-10-28-39(35)44(59)53(43(28)58)34-12-13-38(54)49-41(34)56/h9-11,20-21,23,29,33-34H,6-8,12-19,22,24-25H2,1-5H3,(H,47,60)(H,48,55)(H,49,54,56). The topological polar surface area (TPSA) is 198 Å². The molecule has 2 aromatic carbocycles. The van der Waals surface area contributed by atoms with Crippen molar-refractivity contribution < 1.29 is 43.0 Å². The highest BCUT2D eigenvalue weighted by Gasteiger charge is 2.63. The summed E-state index contributed by atoms with van der Waals surface area (Å²) in [7, 11) is 8.68. The lowest BCUT2D eigenvalue weighted by molar-refractivity contribution is -0.174. The molecule has 7 amide bonds. The van der Waals surface area contributed by atoms with Gasteiger partial charge in [0.25, 0.3) is 17.4 Å². The number of hydrogen-bond donors (Lipinski definition) is 3. The number of hydrogen-bond acceptors (Lipinski definition) is 11. The number of aromatic nitrogens is 1. The Labute approximate surface area is 365 Å². The second kappa shape index (κ2) is 17.5. The quantitative estimate of drug-likeness (QED) is 0.150. The summed E-state index contributed by atoms with van der Waals surface area (Å²) in [5.74, 6) is -0.412. The molecule has 0 spiro atoms. The number of pyridine rings is 1. The number of carbonyl (C=O) groups excluding carboxylic acids is 6. The molecular formula is C46H55N7O10. The number of nitrogens with zero attached hydrogens (tertiary/aromatic N) is 4. The van der Waals surface area contributed by atoms with Gasteiger partial charge in [-0.3, -0.25) is 43.9 Å². The Morgan fingerprint density at radius 2 is 1.70 bits per heavy atom. The fraction of sp³-hybridized carbons (Fsp3) is 0.500. The molecular weight excluding hydrogens is 811 g/mol. The minimum absolute atomic E-state index is 0.0462. The van der Waals surface area contributed by atoms with Crippen LogP contribution in [0.4, 0.5) is 4.79 Å². The molecule has 0 radical (unpaired) electrons. The van der Waals surface area contributed by atoms with Crippen molar-refractivity contribution in [3.05, 3.63) is 74.7 Å². The number of ether oxygens (including phenoxy) is 3. The molecule has 4 heterocycles. The zero-order valence-corrected chi connectivity index (χ0v) is 36.5. The summed E-state index contributed by atoms with van der Waals surface area (Å²) in [5.41, 5.74) is 4.26. The number of aryl methyl sites for hydroxylation is 1. The summed E-state index contributed by atoms with van der Waals surface area (Å²) in [6, 6.07) is 7.53. The number of benzene rings is 2. The van der Waals surface area contributed by atoms with E-state index in [0.717, 1.165) is 59.3 Å². The van der Waals surface area contributed by atoms with Gasteiger partial charge in [-0.25, -0.2) is 4.79 Å². The van der Waals surface area contributed by atoms with Crippen molar-refractivity contribution in [2.24, 2.45) is 18.9 Å². The monoisotopic (exact) mass is 865 g/mol. The van der Waals surface area contributed by atoms with E-state index in [0.29, 0.717) is 56.1 Å². The molecule has 0 bridgehead atoms. The van der Waals surface area contributed by atoms with Crippen LogP contribution in [-0.4, -0.2) is 114 Å². The number of piperidine rings is 1. The highest BCUT2D eigenvalue weighted by Crippen LogP contribution is 2.61. The number of amides is 7. The number of fused-ring (bicyclic) bond motifs is 3. The van der Waals surface area contributed by atoms with Crippen molar-refractivity contribution in [3.63, 3.8) is 0 Å². The van der Waals surface area contributed by atoms with E-state index in [1.54, 1.807) is 49.9 Å². The number of rotatable bonds is 15. The summed E-state index contributed by atoms with van der Waals surface area (Å²) < 4.78 is 19.5. The highest BCUT2D eigenvalue weighted by atomic mass is 16.5. The zero-order chi connectivity index (χ0) is 44.7. The van der Waals surface area contributed by atoms with Gasteiger partial charge in [-0.15, -0.1) is 0 Å². The number of urea groups is 1. The van der Waals surface area contributed by atoms with E-state index in [9.17, 15) is 33.6 Å². The Kier molecular flexibility index (Phi) is 12.1. The van der Waals surface area contributed by atoms with Gasteiger partial charge in [0.15, 0.2) is 0 Å². The first-order valence-electron chi connectivity index (χ1n) is 21.7. The molecule has 334 valence electrons. The minimum Gasteiger partial charge on any atom is -0.496 e. The van der Waals surface area contributed by atoms with Crippen LogP contribution in [0.25, 0.3) is 11.1 Å². The average molecular weight is 866 g/mol. The predicted molar refractivity (Wildman–Crippen MR) is 229 cm³/mol. The number of imide groups is 2. The van der Waals surface area contributed by atoms with E-state index in [1.165, 1.54) is 6.07 Å². The molecule has 17 nitrogen and oxygen atoms in total. The van der Waals surface area contributed by atoms with Crippen molar-refractivity contribution >= 4 is 35.6 Å². The number of nitrogens with one attached hydrogen (secondary N) is 3. The van der Waals surface area contributed by atoms with Crippen molar-refractivity contribution in [1.29, 1.82) is 0 Å². The van der Waals surface area contributed by atoms with Gasteiger partial charge >= 0.3 is 6.03 Å². The average Bonchev–Trinajstić information content (AvgIpc) is 3.53. The zero-order valence-electron chi connectivity index (χ0n) is 36.5. The largest absolute Gasteiger partial charge is 0.496 e. The molecule has 1 aromatic heterocycles. The molecule has 3 N–H and O–H groups in total. The van der Waals surface area contributed by atoms with Gasteiger partial charge in [0, 0.05) is 68.9 Å². The molecule has 4 unspecified atom stereocenters. The van der Waals surface area contributed by atoms with E-state index in [4.69, 9.17) is 14.2 Å². The Hall–Kier alpha value is -6.23. The normalized spacial score (nSPS) is 22.3. The van der Waals surface area contributed by atoms with Crippen LogP contribution in [0.15, 0.2) is 41.3 Å². The maximum atomic E-state index is 13.4. The Balaban J connectivity index is 0.828. The lowest BCUT2D eigenvalue weighted by Crippen LogP contribution is -2.71. The first kappa shape index (κ1) is 43.4. The SMILES string of the molecule is CNC(=O)N1CCc2c(-c3cc(OC)c(CN(C)C45CCC4C(C(=O)NCCCCCOc4cccc6c4C(=O)N(C4CCC(=O)NC4=O)C6=O)C5)c(OC)c3)cn(C)c(=O)c2C1. The van der Waals surface area contributed by atoms with Crippen LogP contribution >= 0.6 is 0 Å². The van der Waals surface area contributed by atoms with Gasteiger partial charge in [-0.05, 0) is 99.7 Å². The molecule has 1 saturated heterocycles. The number of carbonyl (C=O) groups is 6. The van der Waals surface area contributed by atoms with Gasteiger partial charge < -0.3 is 34.3 Å². The third kappa shape index (κ3) is 7.69. The van der Waals surface area contributed by atoms with E-state index in [1.807, 2.05) is 18.3 Å². The number of methoxy groups -OCH3 is 2. The molecule has 3 aliphatic heterocycles. The van der Waals surface area contributed by atoms with Crippen LogP contribution in [0.2, 0.25) is 0 Å². The Bertz CT molecular complexity index is 2420. The van der Waals surface area contributed by atoms with E-state index < -0.39 is 29.7 Å². The van der Waals surface area contributed by atoms with Crippen LogP contribution < -0.4 is 35.7 Å². The maximum Gasteiger partial charge on any atom is 0.317 e. The number of unbranched alkanes of at least 4 members (excludes halogenated alkanes) is 2. The maximum absolute atomic E-state index is 13.4. The summed E-state index contributed by atoms with van der Waals surface area (Å²) in [5, 5.41) is 8.01. The minimum atomic E-state index is -1.04. The third-order valence-corrected chi connectivity index (χ3v) is 13.9. The first-order chi connectivity index (χ1) is 30.3. The van der Waals surface area contributed by atoms with Crippen LogP contribution in [-0.2, 0) is 40.9 Å². The fourth-order valence-electron chi connectivity index (χ4n) is 10.3. The molecule has 17 heteroatoms. The van der Waals surface area contributed by atoms with Crippen molar-refractivity contribution in [3.8, 4) is 28.4 Å². The van der Waals surface area contributed by atoms with Crippen LogP contribution in [0.3, 0.4) is 0 Å². The van der Waals surface area contributed by atoms with E-state index in [2.05, 4.69) is 27.9 Å². The third-order valence-electron chi connectivity index (χ3n) is 13.9. The predicted octanol–water partition coefficient (Wildman–Crippen LogP) is 3.13. The summed E-state index contributed by atoms with van der Waals surface area (Å²) >= 11 is 0. The van der Waals surface area contributed by atoms with E-state index >= 15 is 0 Å². The lowest BCUT2D eigenvalue weighted by Gasteiger charge is -2.66. The molecule has 2 saturated carbocycles. The van der Waals surface area contributed by atoms with E-state index in [-0.39, 0.29) is 71.1 Å². The molecule has 5 aliphatic rings. The molecule has 4 atom stereocenters. The van der Waals surface area contributed by atoms with Gasteiger partial charge in [0.05, 0.1) is 44.1 Å². The van der Waals surface area contributed by atoms with Crippen molar-refractivity contribution in [2.75, 3.05) is 48.0 Å². The van der Waals surface area contributed by atoms with Gasteiger partial charge in [-0.2, -0.15) is 0 Å². The van der Waals surface area contributed by atoms with Crippen LogP contribution in [0.5, 0.6) is 17.2 Å². The van der Waals surface area contributed by atoms with Gasteiger partial charge in [-0.1, -0.05) is 6.07 Å². The second-order valence-corrected chi connectivity index (χ2v) is 17.2. The molecule has 3 aromatic rings. The van der Waals surface area contributed by atoms with Crippen molar-refractivity contribution in [1.82, 2.24) is 35.2 Å². The summed E-state index contributed by atoms with van der Waals surface area (Å²) in [6.07, 6.45) is 7.43. The molecule has 2 aliphatic carbocycles. The van der Waals surface area contributed by atoms with Crippen LogP contribution in [0, 0.1) is 11.8 Å². The van der Waals surface area contributed by atoms with Crippen molar-refractivity contribution in [2.45, 2.75) is 82.5 Å². The summed E-state index contributed by atoms with van der Waals surface area (Å²) in [6.45, 7) is 2.12. The summed E-state index contributed by atoms with van der Waals surface area (Å²) in [4.78, 5) is 94.5. The Morgan fingerprint density at radius 1 is 0.937 bits per heavy atom. The second-order valence-electron chi connectivity index (χ2n) is 17.2. The molecule has 63 heavy (non-hydrogen) atoms. The lowest BCUT2D eigenvalue weighted by atomic mass is 9.46. The fourth-order valence-corrected chi connectivity index (χ4v) is 10.3. The molecule has 8 rings (SSSR count). The Morgan fingerprint density at radius 3 is 2.37 bits per heavy atom. The van der Waals surface area contributed by atoms with Gasteiger partial charge in [0.2, 0.25) is 17.7 Å². The highest BCUT2D eigenvalue weighted by molar-refractivity contribution is 6.24. The molecule has 3 fully saturated rings. The smallest absolute Gasteiger partial charge is 0.317 e. The first-order valence-corrected chi connectivity index (χ1v) is 21.7. The van der Waals surface area contributed by atoms with Gasteiger partial charge in [0.1, 0.15) is 23.3 Å².